The maximum absolute atomic E-state index is 3.54. The molecular weight excluding hydrogens is 264 g/mol. The van der Waals surface area contributed by atoms with Gasteiger partial charge in [-0.1, -0.05) is 0 Å². The number of aryl methyl sites for hydroxylation is 2. The predicted octanol–water partition coefficient (Wildman–Crippen LogP) is 4.86. The van der Waals surface area contributed by atoms with Crippen LogP contribution in [0.4, 0.5) is 0 Å². The van der Waals surface area contributed by atoms with E-state index in [2.05, 4.69) is 47.3 Å². The zero-order chi connectivity index (χ0) is 9.42. The maximum Gasteiger partial charge on any atom is 0.0734 e. The molecule has 0 amide bonds. The fourth-order valence-corrected chi connectivity index (χ4v) is 3.67. The van der Waals surface area contributed by atoms with Crippen LogP contribution >= 0.6 is 38.6 Å². The van der Waals surface area contributed by atoms with Crippen molar-refractivity contribution in [3.8, 4) is 9.75 Å². The van der Waals surface area contributed by atoms with Gasteiger partial charge in [-0.15, -0.1) is 22.7 Å². The van der Waals surface area contributed by atoms with E-state index in [1.807, 2.05) is 22.7 Å². The molecule has 68 valence electrons. The number of hydrogen-bond donors (Lipinski definition) is 0. The van der Waals surface area contributed by atoms with Crippen LogP contribution in [0.3, 0.4) is 0 Å². The fourth-order valence-electron chi connectivity index (χ4n) is 1.14. The molecule has 3 heteroatoms. The molecule has 0 bridgehead atoms. The van der Waals surface area contributed by atoms with Gasteiger partial charge in [0.05, 0.1) is 3.79 Å². The van der Waals surface area contributed by atoms with Gasteiger partial charge >= 0.3 is 0 Å². The van der Waals surface area contributed by atoms with E-state index in [4.69, 9.17) is 0 Å². The van der Waals surface area contributed by atoms with Gasteiger partial charge in [0.2, 0.25) is 0 Å². The monoisotopic (exact) mass is 272 g/mol. The van der Waals surface area contributed by atoms with Gasteiger partial charge in [-0.25, -0.2) is 0 Å². The Kier molecular flexibility index (Phi) is 2.58. The summed E-state index contributed by atoms with van der Waals surface area (Å²) in [6.07, 6.45) is 0. The third-order valence-electron chi connectivity index (χ3n) is 1.83. The largest absolute Gasteiger partial charge is 0.143 e. The number of thiophene rings is 2. The van der Waals surface area contributed by atoms with Gasteiger partial charge in [0, 0.05) is 9.75 Å². The zero-order valence-corrected chi connectivity index (χ0v) is 10.6. The topological polar surface area (TPSA) is 0 Å². The molecule has 0 aliphatic carbocycles. The minimum absolute atomic E-state index is 1.24. The summed E-state index contributed by atoms with van der Waals surface area (Å²) in [4.78, 5) is 2.73. The lowest BCUT2D eigenvalue weighted by Gasteiger charge is -1.86. The van der Waals surface area contributed by atoms with E-state index in [-0.39, 0.29) is 0 Å². The Morgan fingerprint density at radius 2 is 1.92 bits per heavy atom. The van der Waals surface area contributed by atoms with Gasteiger partial charge in [0.15, 0.2) is 0 Å². The Morgan fingerprint density at radius 1 is 1.15 bits per heavy atom. The fraction of sp³-hybridized carbons (Fsp3) is 0.200. The van der Waals surface area contributed by atoms with E-state index in [0.717, 1.165) is 0 Å². The Hall–Kier alpha value is -0.120. The molecule has 2 aromatic rings. The molecule has 0 aliphatic rings. The van der Waals surface area contributed by atoms with Crippen LogP contribution in [0.1, 0.15) is 11.1 Å². The van der Waals surface area contributed by atoms with Crippen molar-refractivity contribution >= 4 is 38.6 Å². The second kappa shape index (κ2) is 3.56. The molecule has 2 rings (SSSR count). The van der Waals surface area contributed by atoms with Crippen molar-refractivity contribution in [1.29, 1.82) is 0 Å². The highest BCUT2D eigenvalue weighted by molar-refractivity contribution is 9.11. The van der Waals surface area contributed by atoms with Crippen LogP contribution in [0.2, 0.25) is 0 Å². The lowest BCUT2D eigenvalue weighted by molar-refractivity contribution is 1.53. The Morgan fingerprint density at radius 3 is 2.38 bits per heavy atom. The van der Waals surface area contributed by atoms with E-state index >= 15 is 0 Å². The highest BCUT2D eigenvalue weighted by Gasteiger charge is 2.06. The van der Waals surface area contributed by atoms with Crippen molar-refractivity contribution in [2.75, 3.05) is 0 Å². The van der Waals surface area contributed by atoms with E-state index < -0.39 is 0 Å². The molecule has 0 unspecified atom stereocenters. The molecule has 13 heavy (non-hydrogen) atoms. The minimum atomic E-state index is 1.24. The first kappa shape index (κ1) is 9.44. The number of halogens is 1. The first-order valence-electron chi connectivity index (χ1n) is 3.98. The first-order chi connectivity index (χ1) is 6.16. The molecule has 0 atom stereocenters. The summed E-state index contributed by atoms with van der Waals surface area (Å²) in [5.74, 6) is 0. The van der Waals surface area contributed by atoms with Crippen LogP contribution < -0.4 is 0 Å². The minimum Gasteiger partial charge on any atom is -0.143 e. The van der Waals surface area contributed by atoms with Crippen LogP contribution in [0.5, 0.6) is 0 Å². The number of rotatable bonds is 1. The van der Waals surface area contributed by atoms with Crippen molar-refractivity contribution in [2.45, 2.75) is 13.8 Å². The summed E-state index contributed by atoms with van der Waals surface area (Å²) in [7, 11) is 0. The van der Waals surface area contributed by atoms with Gasteiger partial charge in [-0.2, -0.15) is 0 Å². The van der Waals surface area contributed by atoms with E-state index in [0.29, 0.717) is 0 Å². The van der Waals surface area contributed by atoms with Crippen molar-refractivity contribution in [2.24, 2.45) is 0 Å². The Balaban J connectivity index is 2.46. The second-order valence-corrected chi connectivity index (χ2v) is 6.34. The second-order valence-electron chi connectivity index (χ2n) is 3.06. The molecule has 0 saturated heterocycles. The molecule has 0 spiro atoms. The molecule has 0 aromatic carbocycles. The summed E-state index contributed by atoms with van der Waals surface area (Å²) in [5, 5.41) is 2.19. The van der Waals surface area contributed by atoms with Crippen LogP contribution in [-0.2, 0) is 0 Å². The third-order valence-corrected chi connectivity index (χ3v) is 5.21. The van der Waals surface area contributed by atoms with Crippen molar-refractivity contribution in [1.82, 2.24) is 0 Å². The van der Waals surface area contributed by atoms with E-state index in [1.54, 1.807) is 0 Å². The van der Waals surface area contributed by atoms with Crippen molar-refractivity contribution in [3.63, 3.8) is 0 Å². The summed E-state index contributed by atoms with van der Waals surface area (Å²) < 4.78 is 1.24. The third kappa shape index (κ3) is 1.87. The molecule has 0 radical (unpaired) electrons. The molecule has 0 saturated carbocycles. The summed E-state index contributed by atoms with van der Waals surface area (Å²) in [6, 6.07) is 4.47. The van der Waals surface area contributed by atoms with Gasteiger partial charge in [0.25, 0.3) is 0 Å². The quantitative estimate of drug-likeness (QED) is 0.696. The Bertz CT molecular complexity index is 406. The number of hydrogen-bond acceptors (Lipinski definition) is 2. The summed E-state index contributed by atoms with van der Waals surface area (Å²) in [6.45, 7) is 4.26. The molecular formula is C10H9BrS2. The van der Waals surface area contributed by atoms with Crippen LogP contribution in [-0.4, -0.2) is 0 Å². The maximum atomic E-state index is 3.54. The summed E-state index contributed by atoms with van der Waals surface area (Å²) >= 11 is 7.17. The molecule has 0 fully saturated rings. The molecule has 2 heterocycles. The molecule has 0 N–H and O–H groups in total. The standard InChI is InChI=1S/C10H9BrS2/c1-6-3-8(12-5-6)9-4-7(2)10(11)13-9/h3-5H,1-2H3. The van der Waals surface area contributed by atoms with Crippen molar-refractivity contribution < 1.29 is 0 Å². The SMILES string of the molecule is Cc1csc(-c2cc(C)c(Br)s2)c1. The lowest BCUT2D eigenvalue weighted by atomic mass is 10.3. The van der Waals surface area contributed by atoms with Crippen LogP contribution in [0.15, 0.2) is 21.3 Å². The average Bonchev–Trinajstić information content (AvgIpc) is 2.61. The molecule has 0 nitrogen and oxygen atoms in total. The molecule has 0 aliphatic heterocycles. The van der Waals surface area contributed by atoms with Gasteiger partial charge in [-0.05, 0) is 58.4 Å². The normalized spacial score (nSPS) is 10.7. The zero-order valence-electron chi connectivity index (χ0n) is 7.43. The predicted molar refractivity (Wildman–Crippen MR) is 64.8 cm³/mol. The van der Waals surface area contributed by atoms with E-state index in [1.165, 1.54) is 24.7 Å². The van der Waals surface area contributed by atoms with Gasteiger partial charge in [0.1, 0.15) is 0 Å². The van der Waals surface area contributed by atoms with Gasteiger partial charge in [-0.3, -0.25) is 0 Å². The highest BCUT2D eigenvalue weighted by Crippen LogP contribution is 2.37. The lowest BCUT2D eigenvalue weighted by Crippen LogP contribution is -1.61. The smallest absolute Gasteiger partial charge is 0.0734 e. The molecule has 2 aromatic heterocycles. The van der Waals surface area contributed by atoms with Crippen molar-refractivity contribution in [3.05, 3.63) is 32.4 Å². The first-order valence-corrected chi connectivity index (χ1v) is 6.47. The van der Waals surface area contributed by atoms with E-state index in [9.17, 15) is 0 Å². The average molecular weight is 273 g/mol. The summed E-state index contributed by atoms with van der Waals surface area (Å²) in [5.41, 5.74) is 2.67. The van der Waals surface area contributed by atoms with Crippen LogP contribution in [0.25, 0.3) is 9.75 Å². The van der Waals surface area contributed by atoms with Gasteiger partial charge < -0.3 is 0 Å². The Labute approximate surface area is 94.4 Å². The highest BCUT2D eigenvalue weighted by atomic mass is 79.9. The van der Waals surface area contributed by atoms with Crippen LogP contribution in [0, 0.1) is 13.8 Å².